The van der Waals surface area contributed by atoms with Gasteiger partial charge in [0.05, 0.1) is 10.6 Å². The van der Waals surface area contributed by atoms with Crippen molar-refractivity contribution in [2.75, 3.05) is 0 Å². The molecule has 0 spiro atoms. The summed E-state index contributed by atoms with van der Waals surface area (Å²) < 4.78 is 5.06. The highest BCUT2D eigenvalue weighted by Gasteiger charge is 2.07. The van der Waals surface area contributed by atoms with Crippen molar-refractivity contribution < 1.29 is 9.21 Å². The van der Waals surface area contributed by atoms with Crippen LogP contribution in [-0.2, 0) is 4.79 Å². The van der Waals surface area contributed by atoms with Gasteiger partial charge in [0.2, 0.25) is 0 Å². The molecule has 2 aromatic rings. The highest BCUT2D eigenvalue weighted by Crippen LogP contribution is 2.19. The predicted octanol–water partition coefficient (Wildman–Crippen LogP) is 2.57. The Hall–Kier alpha value is -1.87. The third-order valence-electron chi connectivity index (χ3n) is 2.11. The Morgan fingerprint density at radius 3 is 2.81 bits per heavy atom. The minimum atomic E-state index is -0.554. The van der Waals surface area contributed by atoms with Crippen molar-refractivity contribution in [3.8, 4) is 0 Å². The van der Waals surface area contributed by atoms with Crippen LogP contribution in [0, 0.1) is 0 Å². The van der Waals surface area contributed by atoms with Crippen molar-refractivity contribution >= 4 is 33.9 Å². The van der Waals surface area contributed by atoms with E-state index in [1.807, 2.05) is 6.07 Å². The fourth-order valence-corrected chi connectivity index (χ4v) is 1.56. The van der Waals surface area contributed by atoms with Crippen molar-refractivity contribution in [3.05, 3.63) is 52.4 Å². The maximum atomic E-state index is 11.5. The molecule has 2 rings (SSSR count). The average molecular weight is 235 g/mol. The zero-order valence-corrected chi connectivity index (χ0v) is 8.90. The summed E-state index contributed by atoms with van der Waals surface area (Å²) in [7, 11) is 0. The van der Waals surface area contributed by atoms with E-state index in [1.165, 1.54) is 0 Å². The lowest BCUT2D eigenvalue weighted by Gasteiger charge is -1.99. The van der Waals surface area contributed by atoms with Gasteiger partial charge in [0.1, 0.15) is 11.9 Å². The minimum Gasteiger partial charge on any atom is -0.422 e. The molecular formula is C12H7ClO3. The average Bonchev–Trinajstić information content (AvgIpc) is 2.28. The van der Waals surface area contributed by atoms with Crippen molar-refractivity contribution in [2.45, 2.75) is 0 Å². The molecule has 0 atom stereocenters. The number of aldehydes is 1. The van der Waals surface area contributed by atoms with Gasteiger partial charge < -0.3 is 4.42 Å². The van der Waals surface area contributed by atoms with E-state index < -0.39 is 5.63 Å². The molecule has 0 fully saturated rings. The fraction of sp³-hybridized carbons (Fsp3) is 0. The first-order valence-electron chi connectivity index (χ1n) is 4.56. The molecule has 0 aliphatic rings. The summed E-state index contributed by atoms with van der Waals surface area (Å²) in [5, 5.41) is 0.837. The van der Waals surface area contributed by atoms with E-state index in [9.17, 15) is 9.59 Å². The molecule has 3 nitrogen and oxygen atoms in total. The second-order valence-corrected chi connectivity index (χ2v) is 3.54. The summed E-state index contributed by atoms with van der Waals surface area (Å²) in [6.07, 6.45) is 1.64. The first-order chi connectivity index (χ1) is 7.72. The Morgan fingerprint density at radius 1 is 1.31 bits per heavy atom. The molecule has 80 valence electrons. The largest absolute Gasteiger partial charge is 0.422 e. The van der Waals surface area contributed by atoms with Gasteiger partial charge in [0.15, 0.2) is 0 Å². The molecule has 0 saturated carbocycles. The van der Waals surface area contributed by atoms with E-state index in [4.69, 9.17) is 16.0 Å². The molecule has 16 heavy (non-hydrogen) atoms. The molecule has 0 bridgehead atoms. The number of carbonyl (C=O) groups excluding carboxylic acids is 1. The molecule has 0 radical (unpaired) electrons. The van der Waals surface area contributed by atoms with Crippen LogP contribution >= 0.6 is 11.6 Å². The highest BCUT2D eigenvalue weighted by molar-refractivity contribution is 6.49. The minimum absolute atomic E-state index is 0.0782. The maximum absolute atomic E-state index is 11.5. The van der Waals surface area contributed by atoms with E-state index in [2.05, 4.69) is 0 Å². The number of hydrogen-bond acceptors (Lipinski definition) is 3. The summed E-state index contributed by atoms with van der Waals surface area (Å²) in [4.78, 5) is 21.8. The second kappa shape index (κ2) is 4.33. The zero-order valence-electron chi connectivity index (χ0n) is 8.14. The zero-order chi connectivity index (χ0) is 11.5. The van der Waals surface area contributed by atoms with E-state index in [0.29, 0.717) is 11.9 Å². The van der Waals surface area contributed by atoms with Gasteiger partial charge in [-0.2, -0.15) is 0 Å². The summed E-state index contributed by atoms with van der Waals surface area (Å²) in [6.45, 7) is 0. The molecular weight excluding hydrogens is 228 g/mol. The van der Waals surface area contributed by atoms with E-state index in [-0.39, 0.29) is 10.6 Å². The Kier molecular flexibility index (Phi) is 2.88. The summed E-state index contributed by atoms with van der Waals surface area (Å²) >= 11 is 5.78. The fourth-order valence-electron chi connectivity index (χ4n) is 1.38. The number of rotatable bonds is 2. The van der Waals surface area contributed by atoms with Crippen molar-refractivity contribution in [3.63, 3.8) is 0 Å². The lowest BCUT2D eigenvalue weighted by atomic mass is 10.2. The summed E-state index contributed by atoms with van der Waals surface area (Å²) in [5.74, 6) is 0. The van der Waals surface area contributed by atoms with Crippen LogP contribution in [0.25, 0.3) is 16.0 Å². The smallest absolute Gasteiger partial charge is 0.345 e. The number of benzene rings is 1. The molecule has 1 aromatic carbocycles. The molecule has 0 unspecified atom stereocenters. The molecule has 0 saturated heterocycles. The molecule has 1 aromatic heterocycles. The monoisotopic (exact) mass is 234 g/mol. The third-order valence-corrected chi connectivity index (χ3v) is 2.44. The van der Waals surface area contributed by atoms with Crippen LogP contribution in [0.5, 0.6) is 0 Å². The van der Waals surface area contributed by atoms with Crippen LogP contribution in [0.2, 0.25) is 0 Å². The Labute approximate surface area is 95.9 Å². The second-order valence-electron chi connectivity index (χ2n) is 3.14. The van der Waals surface area contributed by atoms with Gasteiger partial charge in [0.25, 0.3) is 0 Å². The molecule has 4 heteroatoms. The van der Waals surface area contributed by atoms with Gasteiger partial charge in [-0.3, -0.25) is 4.79 Å². The summed E-state index contributed by atoms with van der Waals surface area (Å²) in [6, 6.07) is 8.69. The van der Waals surface area contributed by atoms with Gasteiger partial charge >= 0.3 is 5.63 Å². The number of para-hydroxylation sites is 1. The van der Waals surface area contributed by atoms with Crippen LogP contribution < -0.4 is 5.63 Å². The van der Waals surface area contributed by atoms with Gasteiger partial charge in [-0.15, -0.1) is 0 Å². The van der Waals surface area contributed by atoms with Gasteiger partial charge in [0, 0.05) is 5.39 Å². The number of hydrogen-bond donors (Lipinski definition) is 0. The van der Waals surface area contributed by atoms with E-state index in [1.54, 1.807) is 24.3 Å². The first kappa shape index (κ1) is 10.6. The summed E-state index contributed by atoms with van der Waals surface area (Å²) in [5.41, 5.74) is 0.126. The Bertz CT molecular complexity index is 625. The number of carbonyl (C=O) groups is 1. The van der Waals surface area contributed by atoms with Crippen LogP contribution in [0.4, 0.5) is 0 Å². The van der Waals surface area contributed by atoms with Gasteiger partial charge in [-0.05, 0) is 18.2 Å². The van der Waals surface area contributed by atoms with Gasteiger partial charge in [-0.1, -0.05) is 29.8 Å². The topological polar surface area (TPSA) is 47.3 Å². The normalized spacial score (nSPS) is 11.7. The molecule has 0 aliphatic carbocycles. The van der Waals surface area contributed by atoms with Crippen LogP contribution in [-0.4, -0.2) is 6.29 Å². The van der Waals surface area contributed by atoms with Crippen LogP contribution in [0.15, 0.2) is 45.6 Å². The standard InChI is InChI=1S/C12H7ClO3/c13-10(5-6-14)9-7-8-3-1-2-4-11(8)16-12(9)15/h1-7H. The van der Waals surface area contributed by atoms with E-state index >= 15 is 0 Å². The van der Waals surface area contributed by atoms with Crippen molar-refractivity contribution in [1.29, 1.82) is 0 Å². The molecule has 0 aliphatic heterocycles. The Morgan fingerprint density at radius 2 is 2.06 bits per heavy atom. The molecule has 0 amide bonds. The predicted molar refractivity (Wildman–Crippen MR) is 62.4 cm³/mol. The van der Waals surface area contributed by atoms with Crippen LogP contribution in [0.3, 0.4) is 0 Å². The molecule has 1 heterocycles. The maximum Gasteiger partial charge on any atom is 0.345 e. The van der Waals surface area contributed by atoms with Crippen molar-refractivity contribution in [2.24, 2.45) is 0 Å². The van der Waals surface area contributed by atoms with Gasteiger partial charge in [-0.25, -0.2) is 4.79 Å². The number of fused-ring (bicyclic) bond motifs is 1. The highest BCUT2D eigenvalue weighted by atomic mass is 35.5. The van der Waals surface area contributed by atoms with E-state index in [0.717, 1.165) is 11.5 Å². The third kappa shape index (κ3) is 1.90. The Balaban J connectivity index is 2.72. The quantitative estimate of drug-likeness (QED) is 0.456. The van der Waals surface area contributed by atoms with Crippen molar-refractivity contribution in [1.82, 2.24) is 0 Å². The van der Waals surface area contributed by atoms with Crippen LogP contribution in [0.1, 0.15) is 5.56 Å². The first-order valence-corrected chi connectivity index (χ1v) is 4.94. The molecule has 0 N–H and O–H groups in total. The number of allylic oxidation sites excluding steroid dienone is 1. The SMILES string of the molecule is O=CC=C(Cl)c1cc2ccccc2oc1=O. The lowest BCUT2D eigenvalue weighted by Crippen LogP contribution is -2.04. The number of halogens is 1. The lowest BCUT2D eigenvalue weighted by molar-refractivity contribution is -0.104.